The smallest absolute Gasteiger partial charge is 0.0577 e. The molecule has 5 atom stereocenters. The molecule has 3 N–H and O–H groups in total. The number of aliphatic hydroxyl groups excluding tert-OH is 1. The summed E-state index contributed by atoms with van der Waals surface area (Å²) in [6, 6.07) is 0. The van der Waals surface area contributed by atoms with Gasteiger partial charge in [-0.15, -0.1) is 0 Å². The van der Waals surface area contributed by atoms with Gasteiger partial charge in [0.1, 0.15) is 0 Å². The number of nitrogens with zero attached hydrogens (tertiary/aromatic N) is 1. The van der Waals surface area contributed by atoms with Crippen LogP contribution in [0.3, 0.4) is 0 Å². The molecule has 3 nitrogen and oxygen atoms in total. The van der Waals surface area contributed by atoms with Gasteiger partial charge < -0.3 is 10.9 Å². The molecule has 4 aliphatic rings. The second kappa shape index (κ2) is 5.23. The Morgan fingerprint density at radius 1 is 1.23 bits per heavy atom. The van der Waals surface area contributed by atoms with Crippen LogP contribution in [0.1, 0.15) is 58.3 Å². The van der Waals surface area contributed by atoms with Crippen molar-refractivity contribution in [3.05, 3.63) is 23.3 Å². The van der Waals surface area contributed by atoms with E-state index < -0.39 is 0 Å². The van der Waals surface area contributed by atoms with Crippen LogP contribution in [0.4, 0.5) is 0 Å². The summed E-state index contributed by atoms with van der Waals surface area (Å²) in [6.45, 7) is 2.37. The van der Waals surface area contributed by atoms with Crippen LogP contribution >= 0.6 is 0 Å². The highest BCUT2D eigenvalue weighted by Gasteiger charge is 2.50. The molecule has 0 saturated heterocycles. The number of fused-ring (bicyclic) bond motifs is 4. The Labute approximate surface area is 133 Å². The average Bonchev–Trinajstić information content (AvgIpc) is 2.73. The molecule has 0 spiro atoms. The number of aliphatic hydroxyl groups is 1. The highest BCUT2D eigenvalue weighted by Crippen LogP contribution is 2.55. The SMILES string of the molecule is CC12CC=C3C=C4CC(O)CCC4CCC3C1CC/C2=N\N. The van der Waals surface area contributed by atoms with E-state index in [0.717, 1.165) is 25.7 Å². The monoisotopic (exact) mass is 300 g/mol. The Kier molecular flexibility index (Phi) is 3.44. The lowest BCUT2D eigenvalue weighted by atomic mass is 9.63. The predicted octanol–water partition coefficient (Wildman–Crippen LogP) is 3.54. The largest absolute Gasteiger partial charge is 0.393 e. The molecule has 0 radical (unpaired) electrons. The van der Waals surface area contributed by atoms with Crippen LogP contribution in [0.25, 0.3) is 0 Å². The summed E-state index contributed by atoms with van der Waals surface area (Å²) in [5.74, 6) is 7.76. The lowest BCUT2D eigenvalue weighted by Gasteiger charge is -2.41. The van der Waals surface area contributed by atoms with E-state index in [0.29, 0.717) is 17.8 Å². The van der Waals surface area contributed by atoms with Gasteiger partial charge in [0.2, 0.25) is 0 Å². The van der Waals surface area contributed by atoms with Gasteiger partial charge in [-0.1, -0.05) is 24.6 Å². The van der Waals surface area contributed by atoms with Crippen molar-refractivity contribution in [2.45, 2.75) is 64.4 Å². The van der Waals surface area contributed by atoms with Crippen molar-refractivity contribution in [3.63, 3.8) is 0 Å². The molecule has 120 valence electrons. The molecule has 2 fully saturated rings. The van der Waals surface area contributed by atoms with E-state index in [-0.39, 0.29) is 11.5 Å². The third-order valence-electron chi connectivity index (χ3n) is 7.02. The molecule has 0 bridgehead atoms. The van der Waals surface area contributed by atoms with Crippen LogP contribution in [0.5, 0.6) is 0 Å². The number of hydrazone groups is 1. The summed E-state index contributed by atoms with van der Waals surface area (Å²) in [5.41, 5.74) is 4.49. The minimum absolute atomic E-state index is 0.115. The van der Waals surface area contributed by atoms with Gasteiger partial charge in [-0.2, -0.15) is 5.10 Å². The van der Waals surface area contributed by atoms with Gasteiger partial charge in [0.05, 0.1) is 6.10 Å². The lowest BCUT2D eigenvalue weighted by Crippen LogP contribution is -2.37. The number of nitrogens with two attached hydrogens (primary N) is 1. The zero-order valence-electron chi connectivity index (χ0n) is 13.6. The van der Waals surface area contributed by atoms with Crippen molar-refractivity contribution in [1.29, 1.82) is 0 Å². The minimum atomic E-state index is -0.115. The highest BCUT2D eigenvalue weighted by molar-refractivity contribution is 5.92. The Bertz CT molecular complexity index is 562. The number of hydrogen-bond acceptors (Lipinski definition) is 3. The normalized spacial score (nSPS) is 46.2. The van der Waals surface area contributed by atoms with Gasteiger partial charge >= 0.3 is 0 Å². The first-order valence-electron chi connectivity index (χ1n) is 8.97. The van der Waals surface area contributed by atoms with E-state index in [1.807, 2.05) is 0 Å². The maximum Gasteiger partial charge on any atom is 0.0577 e. The van der Waals surface area contributed by atoms with Crippen molar-refractivity contribution in [3.8, 4) is 0 Å². The van der Waals surface area contributed by atoms with Crippen molar-refractivity contribution < 1.29 is 5.11 Å². The Morgan fingerprint density at radius 2 is 2.05 bits per heavy atom. The summed E-state index contributed by atoms with van der Waals surface area (Å²) in [7, 11) is 0. The summed E-state index contributed by atoms with van der Waals surface area (Å²) in [5, 5.41) is 14.1. The zero-order valence-corrected chi connectivity index (χ0v) is 13.6. The number of hydrogen-bond donors (Lipinski definition) is 2. The molecule has 0 aliphatic heterocycles. The first-order valence-corrected chi connectivity index (χ1v) is 8.97. The van der Waals surface area contributed by atoms with E-state index in [1.54, 1.807) is 5.57 Å². The molecule has 0 aromatic rings. The van der Waals surface area contributed by atoms with Crippen LogP contribution < -0.4 is 5.84 Å². The minimum Gasteiger partial charge on any atom is -0.393 e. The molecular formula is C19H28N2O. The molecule has 4 aliphatic carbocycles. The highest BCUT2D eigenvalue weighted by atomic mass is 16.3. The second-order valence-electron chi connectivity index (χ2n) is 8.08. The van der Waals surface area contributed by atoms with E-state index in [2.05, 4.69) is 24.2 Å². The van der Waals surface area contributed by atoms with Crippen molar-refractivity contribution in [1.82, 2.24) is 0 Å². The van der Waals surface area contributed by atoms with Crippen LogP contribution in [0.2, 0.25) is 0 Å². The van der Waals surface area contributed by atoms with Gasteiger partial charge in [-0.3, -0.25) is 0 Å². The van der Waals surface area contributed by atoms with Crippen LogP contribution in [0, 0.1) is 23.2 Å². The maximum absolute atomic E-state index is 10.0. The molecule has 0 aromatic heterocycles. The van der Waals surface area contributed by atoms with Crippen molar-refractivity contribution in [2.24, 2.45) is 34.1 Å². The van der Waals surface area contributed by atoms with Gasteiger partial charge in [0.25, 0.3) is 0 Å². The molecular weight excluding hydrogens is 272 g/mol. The predicted molar refractivity (Wildman–Crippen MR) is 89.3 cm³/mol. The van der Waals surface area contributed by atoms with Crippen LogP contribution in [-0.4, -0.2) is 16.9 Å². The van der Waals surface area contributed by atoms with E-state index in [4.69, 9.17) is 5.84 Å². The molecule has 3 heteroatoms. The molecule has 0 amide bonds. The fraction of sp³-hybridized carbons (Fsp3) is 0.737. The van der Waals surface area contributed by atoms with Crippen LogP contribution in [0.15, 0.2) is 28.4 Å². The third-order valence-corrected chi connectivity index (χ3v) is 7.02. The summed E-state index contributed by atoms with van der Waals surface area (Å²) in [6.07, 6.45) is 13.8. The molecule has 2 saturated carbocycles. The molecule has 4 rings (SSSR count). The molecule has 0 aromatic carbocycles. The molecule has 22 heavy (non-hydrogen) atoms. The van der Waals surface area contributed by atoms with E-state index >= 15 is 0 Å². The number of rotatable bonds is 0. The van der Waals surface area contributed by atoms with Gasteiger partial charge in [0, 0.05) is 11.1 Å². The Morgan fingerprint density at radius 3 is 2.86 bits per heavy atom. The van der Waals surface area contributed by atoms with Crippen molar-refractivity contribution in [2.75, 3.05) is 0 Å². The lowest BCUT2D eigenvalue weighted by molar-refractivity contribution is 0.132. The summed E-state index contributed by atoms with van der Waals surface area (Å²) in [4.78, 5) is 0. The van der Waals surface area contributed by atoms with Gasteiger partial charge in [-0.25, -0.2) is 0 Å². The molecule has 5 unspecified atom stereocenters. The second-order valence-corrected chi connectivity index (χ2v) is 8.08. The first kappa shape index (κ1) is 14.5. The summed E-state index contributed by atoms with van der Waals surface area (Å²) >= 11 is 0. The third kappa shape index (κ3) is 2.09. The fourth-order valence-electron chi connectivity index (χ4n) is 5.71. The zero-order chi connectivity index (χ0) is 15.3. The fourth-order valence-corrected chi connectivity index (χ4v) is 5.71. The standard InChI is InChI=1S/C19H28N2O/c1-19-9-8-13-10-14-11-15(22)4-2-12(14)3-5-16(13)17(19)6-7-18(19)21-20/h8,10,12,15-17,22H,2-7,9,11,20H2,1H3/b21-18+. The van der Waals surface area contributed by atoms with E-state index in [1.165, 1.54) is 37.0 Å². The van der Waals surface area contributed by atoms with E-state index in [9.17, 15) is 5.11 Å². The summed E-state index contributed by atoms with van der Waals surface area (Å²) < 4.78 is 0. The maximum atomic E-state index is 10.0. The first-order chi connectivity index (χ1) is 10.6. The number of allylic oxidation sites excluding steroid dienone is 3. The Balaban J connectivity index is 1.68. The van der Waals surface area contributed by atoms with Crippen molar-refractivity contribution >= 4 is 5.71 Å². The van der Waals surface area contributed by atoms with Gasteiger partial charge in [0.15, 0.2) is 0 Å². The topological polar surface area (TPSA) is 58.6 Å². The van der Waals surface area contributed by atoms with Crippen LogP contribution in [-0.2, 0) is 0 Å². The molecule has 0 heterocycles. The van der Waals surface area contributed by atoms with Gasteiger partial charge in [-0.05, 0) is 74.7 Å². The average molecular weight is 300 g/mol. The quantitative estimate of drug-likeness (QED) is 0.531. The Hall–Kier alpha value is -1.09.